The smallest absolute Gasteiger partial charge is 0.384 e. The molecule has 2 aliphatic carbocycles. The van der Waals surface area contributed by atoms with Gasteiger partial charge in [0.25, 0.3) is 11.8 Å². The monoisotopic (exact) mass is 482 g/mol. The van der Waals surface area contributed by atoms with Crippen LogP contribution in [0.25, 0.3) is 0 Å². The molecule has 1 unspecified atom stereocenters. The van der Waals surface area contributed by atoms with Crippen molar-refractivity contribution < 1.29 is 18.8 Å². The van der Waals surface area contributed by atoms with E-state index in [1.807, 2.05) is 13.0 Å². The van der Waals surface area contributed by atoms with Gasteiger partial charge in [-0.25, -0.2) is 4.79 Å². The Labute approximate surface area is 204 Å². The average Bonchev–Trinajstić information content (AvgIpc) is 3.62. The summed E-state index contributed by atoms with van der Waals surface area (Å²) >= 11 is 0. The van der Waals surface area contributed by atoms with Gasteiger partial charge in [-0.15, -0.1) is 5.10 Å². The average molecular weight is 483 g/mol. The lowest BCUT2D eigenvalue weighted by Crippen LogP contribution is -2.51. The number of ketones is 1. The second-order valence-electron chi connectivity index (χ2n) is 9.70. The number of hydrogen-bond donors (Lipinski definition) is 2. The lowest BCUT2D eigenvalue weighted by Gasteiger charge is -2.32. The number of carbonyl (C=O) groups excluding carboxylic acids is 3. The molecular formula is C26H34N4O5. The van der Waals surface area contributed by atoms with Crippen molar-refractivity contribution in [2.75, 3.05) is 0 Å². The third kappa shape index (κ3) is 6.46. The number of carbonyl (C=O) groups is 3. The molecule has 2 fully saturated rings. The van der Waals surface area contributed by atoms with Gasteiger partial charge < -0.3 is 15.1 Å². The summed E-state index contributed by atoms with van der Waals surface area (Å²) in [6.07, 6.45) is 7.21. The van der Waals surface area contributed by atoms with Crippen molar-refractivity contribution in [2.45, 2.75) is 83.3 Å². The number of Topliss-reactive ketones (excluding diaryl/α,β-unsaturated/α-hetero) is 1. The van der Waals surface area contributed by atoms with Crippen molar-refractivity contribution in [3.63, 3.8) is 0 Å². The summed E-state index contributed by atoms with van der Waals surface area (Å²) in [5.41, 5.74) is 0.546. The molecule has 2 aromatic rings. The number of nitrogens with one attached hydrogen (secondary N) is 2. The number of hydrogen-bond acceptors (Lipinski definition) is 6. The third-order valence-electron chi connectivity index (χ3n) is 6.88. The zero-order chi connectivity index (χ0) is 24.8. The van der Waals surface area contributed by atoms with E-state index in [9.17, 15) is 19.2 Å². The van der Waals surface area contributed by atoms with Crippen LogP contribution in [-0.2, 0) is 11.3 Å². The summed E-state index contributed by atoms with van der Waals surface area (Å²) < 4.78 is 6.36. The Hall–Kier alpha value is -3.23. The Morgan fingerprint density at radius 3 is 2.57 bits per heavy atom. The minimum Gasteiger partial charge on any atom is -0.384 e. The molecule has 0 radical (unpaired) electrons. The second kappa shape index (κ2) is 11.5. The van der Waals surface area contributed by atoms with Gasteiger partial charge in [-0.1, -0.05) is 50.8 Å². The zero-order valence-electron chi connectivity index (χ0n) is 20.2. The van der Waals surface area contributed by atoms with Gasteiger partial charge in [0.15, 0.2) is 0 Å². The lowest BCUT2D eigenvalue weighted by atomic mass is 9.83. The van der Waals surface area contributed by atoms with Crippen LogP contribution in [-0.4, -0.2) is 39.5 Å². The Morgan fingerprint density at radius 2 is 1.86 bits per heavy atom. The number of nitrogens with zero attached hydrogens (tertiary/aromatic N) is 2. The van der Waals surface area contributed by atoms with E-state index >= 15 is 0 Å². The van der Waals surface area contributed by atoms with Gasteiger partial charge in [0.1, 0.15) is 0 Å². The number of unbranched alkanes of at least 4 members (excludes halogenated alkanes) is 1. The first-order chi connectivity index (χ1) is 17.0. The molecule has 35 heavy (non-hydrogen) atoms. The third-order valence-corrected chi connectivity index (χ3v) is 6.88. The van der Waals surface area contributed by atoms with E-state index in [4.69, 9.17) is 4.42 Å². The Morgan fingerprint density at radius 1 is 1.11 bits per heavy atom. The molecule has 0 saturated heterocycles. The van der Waals surface area contributed by atoms with Gasteiger partial charge in [0, 0.05) is 11.6 Å². The SMILES string of the molecule is CCCC[C@H](NC(=O)C1CCCC[C@@H]1NC(=O)c1ccccc1)C(=O)c1nn(CC2CC2)c(=O)o1. The highest BCUT2D eigenvalue weighted by molar-refractivity contribution is 5.99. The van der Waals surface area contributed by atoms with Gasteiger partial charge in [0.2, 0.25) is 11.7 Å². The summed E-state index contributed by atoms with van der Waals surface area (Å²) in [7, 11) is 0. The molecule has 4 rings (SSSR count). The quantitative estimate of drug-likeness (QED) is 0.475. The number of amides is 2. The topological polar surface area (TPSA) is 123 Å². The van der Waals surface area contributed by atoms with Crippen LogP contribution < -0.4 is 16.4 Å². The van der Waals surface area contributed by atoms with Crippen LogP contribution in [0.2, 0.25) is 0 Å². The van der Waals surface area contributed by atoms with E-state index < -0.39 is 23.5 Å². The van der Waals surface area contributed by atoms with Crippen molar-refractivity contribution in [1.82, 2.24) is 20.4 Å². The van der Waals surface area contributed by atoms with Gasteiger partial charge in [0.05, 0.1) is 18.5 Å². The summed E-state index contributed by atoms with van der Waals surface area (Å²) in [6.45, 7) is 2.45. The minimum absolute atomic E-state index is 0.211. The van der Waals surface area contributed by atoms with E-state index in [0.29, 0.717) is 37.3 Å². The normalized spacial score (nSPS) is 20.7. The van der Waals surface area contributed by atoms with Gasteiger partial charge in [-0.2, -0.15) is 4.68 Å². The fourth-order valence-electron chi connectivity index (χ4n) is 4.63. The Kier molecular flexibility index (Phi) is 8.15. The predicted molar refractivity (Wildman–Crippen MR) is 129 cm³/mol. The van der Waals surface area contributed by atoms with Crippen LogP contribution in [0.5, 0.6) is 0 Å². The first-order valence-electron chi connectivity index (χ1n) is 12.7. The van der Waals surface area contributed by atoms with Gasteiger partial charge in [-0.05, 0) is 50.2 Å². The molecule has 188 valence electrons. The fourth-order valence-corrected chi connectivity index (χ4v) is 4.63. The molecule has 3 atom stereocenters. The molecule has 0 spiro atoms. The summed E-state index contributed by atoms with van der Waals surface area (Å²) in [5, 5.41) is 10.0. The maximum absolute atomic E-state index is 13.3. The predicted octanol–water partition coefficient (Wildman–Crippen LogP) is 3.09. The number of benzene rings is 1. The van der Waals surface area contributed by atoms with Crippen molar-refractivity contribution in [3.8, 4) is 0 Å². The van der Waals surface area contributed by atoms with Crippen molar-refractivity contribution in [3.05, 3.63) is 52.3 Å². The molecule has 9 nitrogen and oxygen atoms in total. The molecule has 1 heterocycles. The molecule has 9 heteroatoms. The highest BCUT2D eigenvalue weighted by Crippen LogP contribution is 2.30. The van der Waals surface area contributed by atoms with E-state index in [1.165, 1.54) is 4.68 Å². The van der Waals surface area contributed by atoms with Crippen LogP contribution in [0.15, 0.2) is 39.5 Å². The van der Waals surface area contributed by atoms with Gasteiger partial charge in [-0.3, -0.25) is 14.4 Å². The molecule has 2 aliphatic rings. The molecule has 0 bridgehead atoms. The molecule has 0 aliphatic heterocycles. The fraction of sp³-hybridized carbons (Fsp3) is 0.577. The summed E-state index contributed by atoms with van der Waals surface area (Å²) in [5.74, 6) is -1.89. The number of aromatic nitrogens is 2. The van der Waals surface area contributed by atoms with E-state index in [2.05, 4.69) is 15.7 Å². The van der Waals surface area contributed by atoms with Crippen LogP contribution in [0.1, 0.15) is 85.8 Å². The van der Waals surface area contributed by atoms with Crippen LogP contribution in [0, 0.1) is 11.8 Å². The van der Waals surface area contributed by atoms with Crippen molar-refractivity contribution in [1.29, 1.82) is 0 Å². The van der Waals surface area contributed by atoms with Crippen molar-refractivity contribution >= 4 is 17.6 Å². The Bertz CT molecular complexity index is 1090. The van der Waals surface area contributed by atoms with Crippen molar-refractivity contribution in [2.24, 2.45) is 11.8 Å². The lowest BCUT2D eigenvalue weighted by molar-refractivity contribution is -0.127. The van der Waals surface area contributed by atoms with E-state index in [0.717, 1.165) is 38.5 Å². The molecular weight excluding hydrogens is 448 g/mol. The second-order valence-corrected chi connectivity index (χ2v) is 9.70. The standard InChI is InChI=1S/C26H34N4O5/c1-2-3-12-21(22(31)25-29-30(26(34)35-25)16-17-14-15-17)28-24(33)19-11-7-8-13-20(19)27-23(32)18-9-5-4-6-10-18/h4-6,9-10,17,19-21H,2-3,7-8,11-16H2,1H3,(H,27,32)(H,28,33)/t19?,20-,21-/m0/s1. The first kappa shape index (κ1) is 24.9. The molecule has 2 amide bonds. The molecule has 2 saturated carbocycles. The zero-order valence-corrected chi connectivity index (χ0v) is 20.2. The molecule has 1 aromatic carbocycles. The van der Waals surface area contributed by atoms with Gasteiger partial charge >= 0.3 is 5.76 Å². The maximum atomic E-state index is 13.3. The van der Waals surface area contributed by atoms with Crippen LogP contribution in [0.3, 0.4) is 0 Å². The molecule has 1 aromatic heterocycles. The van der Waals surface area contributed by atoms with E-state index in [-0.39, 0.29) is 23.7 Å². The summed E-state index contributed by atoms with van der Waals surface area (Å²) in [6, 6.07) is 7.78. The maximum Gasteiger partial charge on any atom is 0.437 e. The van der Waals surface area contributed by atoms with Crippen LogP contribution in [0.4, 0.5) is 0 Å². The molecule has 2 N–H and O–H groups in total. The summed E-state index contributed by atoms with van der Waals surface area (Å²) in [4.78, 5) is 51.4. The Balaban J connectivity index is 1.44. The van der Waals surface area contributed by atoms with E-state index in [1.54, 1.807) is 24.3 Å². The highest BCUT2D eigenvalue weighted by atomic mass is 16.4. The largest absolute Gasteiger partial charge is 0.437 e. The highest BCUT2D eigenvalue weighted by Gasteiger charge is 2.35. The van der Waals surface area contributed by atoms with Crippen LogP contribution >= 0.6 is 0 Å². The number of rotatable bonds is 11. The minimum atomic E-state index is -0.831. The first-order valence-corrected chi connectivity index (χ1v) is 12.7.